The van der Waals surface area contributed by atoms with E-state index in [-0.39, 0.29) is 42.6 Å². The van der Waals surface area contributed by atoms with Crippen molar-refractivity contribution >= 4 is 27.9 Å². The number of carbonyl (C=O) groups excluding carboxylic acids is 3. The number of piperazine rings is 1. The number of sulfonamides is 1. The summed E-state index contributed by atoms with van der Waals surface area (Å²) in [5.41, 5.74) is -1.40. The molecule has 0 radical (unpaired) electrons. The zero-order valence-corrected chi connectivity index (χ0v) is 20.3. The number of hydrogen-bond acceptors (Lipinski definition) is 8. The number of nitrogens with zero attached hydrogens (tertiary/aromatic N) is 3. The monoisotopic (exact) mass is 506 g/mol. The van der Waals surface area contributed by atoms with E-state index in [1.54, 1.807) is 12.1 Å². The Hall–Kier alpha value is -3.58. The number of amides is 4. The van der Waals surface area contributed by atoms with Crippen molar-refractivity contribution in [3.8, 4) is 11.5 Å². The molecule has 2 saturated heterocycles. The molecule has 4 amide bonds. The third-order valence-corrected chi connectivity index (χ3v) is 8.06. The van der Waals surface area contributed by atoms with Crippen LogP contribution in [0.5, 0.6) is 11.5 Å². The Morgan fingerprint density at radius 3 is 2.37 bits per heavy atom. The number of carbonyl (C=O) groups is 3. The molecule has 188 valence electrons. The molecule has 2 aliphatic rings. The highest BCUT2D eigenvalue weighted by Crippen LogP contribution is 2.31. The molecule has 1 N–H and O–H groups in total. The van der Waals surface area contributed by atoms with E-state index in [0.717, 1.165) is 4.90 Å². The van der Waals surface area contributed by atoms with Gasteiger partial charge in [0.25, 0.3) is 5.91 Å². The van der Waals surface area contributed by atoms with Gasteiger partial charge in [-0.25, -0.2) is 13.2 Å². The molecule has 1 aromatic carbocycles. The van der Waals surface area contributed by atoms with Crippen LogP contribution in [-0.4, -0.2) is 87.3 Å². The highest BCUT2D eigenvalue weighted by atomic mass is 32.2. The van der Waals surface area contributed by atoms with Crippen LogP contribution >= 0.6 is 0 Å². The number of furan rings is 1. The van der Waals surface area contributed by atoms with Gasteiger partial charge in [-0.15, -0.1) is 0 Å². The van der Waals surface area contributed by atoms with Crippen LogP contribution in [0, 0.1) is 0 Å². The highest BCUT2D eigenvalue weighted by Gasteiger charge is 2.51. The Morgan fingerprint density at radius 2 is 1.77 bits per heavy atom. The average molecular weight is 507 g/mol. The highest BCUT2D eigenvalue weighted by molar-refractivity contribution is 7.89. The minimum Gasteiger partial charge on any atom is -0.493 e. The van der Waals surface area contributed by atoms with Gasteiger partial charge in [-0.3, -0.25) is 14.5 Å². The van der Waals surface area contributed by atoms with Gasteiger partial charge >= 0.3 is 6.03 Å². The van der Waals surface area contributed by atoms with Crippen LogP contribution in [0.4, 0.5) is 4.79 Å². The fourth-order valence-corrected chi connectivity index (χ4v) is 5.55. The van der Waals surface area contributed by atoms with Gasteiger partial charge in [0.1, 0.15) is 12.3 Å². The first-order valence-electron chi connectivity index (χ1n) is 10.8. The first kappa shape index (κ1) is 24.5. The van der Waals surface area contributed by atoms with Crippen LogP contribution in [0.15, 0.2) is 45.9 Å². The van der Waals surface area contributed by atoms with Gasteiger partial charge in [-0.2, -0.15) is 4.31 Å². The standard InChI is InChI=1S/C22H26N4O8S/c1-22(18-5-4-12-34-18)20(28)26(21(29)23-22)14-19(27)24-8-10-25(11-9-24)35(30,31)15-6-7-16(32-2)17(13-15)33-3/h4-7,12-13H,8-11,14H2,1-3H3,(H,23,29). The van der Waals surface area contributed by atoms with Crippen molar-refractivity contribution in [2.24, 2.45) is 0 Å². The van der Waals surface area contributed by atoms with Gasteiger partial charge in [0.2, 0.25) is 15.9 Å². The summed E-state index contributed by atoms with van der Waals surface area (Å²) in [4.78, 5) is 40.5. The normalized spacial score (nSPS) is 21.2. The number of urea groups is 1. The zero-order chi connectivity index (χ0) is 25.4. The van der Waals surface area contributed by atoms with Crippen molar-refractivity contribution < 1.29 is 36.7 Å². The van der Waals surface area contributed by atoms with Crippen LogP contribution in [0.3, 0.4) is 0 Å². The van der Waals surface area contributed by atoms with E-state index in [1.807, 2.05) is 0 Å². The van der Waals surface area contributed by atoms with Crippen molar-refractivity contribution in [2.75, 3.05) is 46.9 Å². The molecule has 1 atom stereocenters. The molecule has 2 aliphatic heterocycles. The maximum absolute atomic E-state index is 13.1. The van der Waals surface area contributed by atoms with Gasteiger partial charge in [0, 0.05) is 32.2 Å². The number of nitrogens with one attached hydrogen (secondary N) is 1. The lowest BCUT2D eigenvalue weighted by molar-refractivity contribution is -0.139. The van der Waals surface area contributed by atoms with Crippen LogP contribution in [0.1, 0.15) is 12.7 Å². The van der Waals surface area contributed by atoms with E-state index in [2.05, 4.69) is 5.32 Å². The molecule has 0 bridgehead atoms. The van der Waals surface area contributed by atoms with Crippen LogP contribution in [0.25, 0.3) is 0 Å². The van der Waals surface area contributed by atoms with E-state index in [4.69, 9.17) is 13.9 Å². The molecule has 13 heteroatoms. The minimum atomic E-state index is -3.83. The topological polar surface area (TPSA) is 139 Å². The van der Waals surface area contributed by atoms with Crippen LogP contribution in [0.2, 0.25) is 0 Å². The predicted molar refractivity (Wildman–Crippen MR) is 121 cm³/mol. The number of rotatable bonds is 7. The number of ether oxygens (including phenoxy) is 2. The lowest BCUT2D eigenvalue weighted by Gasteiger charge is -2.34. The first-order chi connectivity index (χ1) is 16.6. The van der Waals surface area contributed by atoms with Crippen molar-refractivity contribution in [1.29, 1.82) is 0 Å². The Labute approximate surface area is 202 Å². The third kappa shape index (κ3) is 4.32. The number of hydrogen-bond donors (Lipinski definition) is 1. The van der Waals surface area contributed by atoms with Crippen molar-refractivity contribution in [2.45, 2.75) is 17.4 Å². The lowest BCUT2D eigenvalue weighted by Crippen LogP contribution is -2.53. The summed E-state index contributed by atoms with van der Waals surface area (Å²) >= 11 is 0. The molecule has 0 saturated carbocycles. The second-order valence-corrected chi connectivity index (χ2v) is 10.2. The summed E-state index contributed by atoms with van der Waals surface area (Å²) in [5, 5.41) is 2.57. The molecule has 12 nitrogen and oxygen atoms in total. The molecule has 4 rings (SSSR count). The molecule has 0 spiro atoms. The number of imide groups is 1. The maximum atomic E-state index is 13.1. The quantitative estimate of drug-likeness (QED) is 0.539. The van der Waals surface area contributed by atoms with Gasteiger partial charge in [0.15, 0.2) is 17.0 Å². The van der Waals surface area contributed by atoms with Crippen molar-refractivity contribution in [1.82, 2.24) is 19.4 Å². The average Bonchev–Trinajstić information content (AvgIpc) is 3.48. The van der Waals surface area contributed by atoms with E-state index in [0.29, 0.717) is 5.75 Å². The fourth-order valence-electron chi connectivity index (χ4n) is 4.11. The summed E-state index contributed by atoms with van der Waals surface area (Å²) in [6.07, 6.45) is 1.39. The lowest BCUT2D eigenvalue weighted by atomic mass is 9.99. The largest absolute Gasteiger partial charge is 0.493 e. The number of methoxy groups -OCH3 is 2. The van der Waals surface area contributed by atoms with Crippen molar-refractivity contribution in [3.05, 3.63) is 42.4 Å². The molecule has 2 fully saturated rings. The van der Waals surface area contributed by atoms with E-state index >= 15 is 0 Å². The maximum Gasteiger partial charge on any atom is 0.325 e. The number of benzene rings is 1. The fraction of sp³-hybridized carbons (Fsp3) is 0.409. The summed E-state index contributed by atoms with van der Waals surface area (Å²) in [7, 11) is -0.953. The zero-order valence-electron chi connectivity index (χ0n) is 19.5. The molecular weight excluding hydrogens is 480 g/mol. The van der Waals surface area contributed by atoms with E-state index in [9.17, 15) is 22.8 Å². The smallest absolute Gasteiger partial charge is 0.325 e. The van der Waals surface area contributed by atoms with Gasteiger partial charge in [0.05, 0.1) is 25.4 Å². The molecule has 1 aromatic heterocycles. The predicted octanol–water partition coefficient (Wildman–Crippen LogP) is 0.597. The molecule has 2 aromatic rings. The second kappa shape index (κ2) is 9.23. The summed E-state index contributed by atoms with van der Waals surface area (Å²) < 4.78 is 43.1. The van der Waals surface area contributed by atoms with Crippen LogP contribution in [-0.2, 0) is 25.2 Å². The van der Waals surface area contributed by atoms with Gasteiger partial charge in [-0.1, -0.05) is 0 Å². The Morgan fingerprint density at radius 1 is 1.09 bits per heavy atom. The Bertz CT molecular complexity index is 1240. The molecular formula is C22H26N4O8S. The molecule has 0 aliphatic carbocycles. The molecule has 1 unspecified atom stereocenters. The SMILES string of the molecule is COc1ccc(S(=O)(=O)N2CCN(C(=O)CN3C(=O)NC(C)(c4ccco4)C3=O)CC2)cc1OC. The van der Waals surface area contributed by atoms with E-state index < -0.39 is 40.0 Å². The van der Waals surface area contributed by atoms with E-state index in [1.165, 1.54) is 54.8 Å². The Kier molecular flexibility index (Phi) is 6.47. The Balaban J connectivity index is 1.39. The molecule has 35 heavy (non-hydrogen) atoms. The first-order valence-corrected chi connectivity index (χ1v) is 12.2. The van der Waals surface area contributed by atoms with Gasteiger partial charge < -0.3 is 24.1 Å². The summed E-state index contributed by atoms with van der Waals surface area (Å²) in [6, 6.07) is 6.81. The summed E-state index contributed by atoms with van der Waals surface area (Å²) in [5.74, 6) is -0.0939. The van der Waals surface area contributed by atoms with Crippen LogP contribution < -0.4 is 14.8 Å². The minimum absolute atomic E-state index is 0.0477. The van der Waals surface area contributed by atoms with Crippen molar-refractivity contribution in [3.63, 3.8) is 0 Å². The van der Waals surface area contributed by atoms with Gasteiger partial charge in [-0.05, 0) is 31.2 Å². The summed E-state index contributed by atoms with van der Waals surface area (Å²) in [6.45, 7) is 1.41. The third-order valence-electron chi connectivity index (χ3n) is 6.17. The second-order valence-electron chi connectivity index (χ2n) is 8.23. The molecule has 3 heterocycles.